The molecule has 0 saturated carbocycles. The minimum Gasteiger partial charge on any atom is -0.497 e. The van der Waals surface area contributed by atoms with Crippen molar-refractivity contribution in [2.45, 2.75) is 26.7 Å². The highest BCUT2D eigenvalue weighted by Gasteiger charge is 2.20. The standard InChI is InChI=1S/C21H23NO2/c1-15-13-18(24-3)14-16(2)19(15)10-11-21(23)22-12-6-8-17-7-4-5-9-20(17)22/h4-5,7,9-11,13-14H,6,8,12H2,1-3H3/b11-10+. The zero-order valence-corrected chi connectivity index (χ0v) is 14.5. The fourth-order valence-electron chi connectivity index (χ4n) is 3.32. The lowest BCUT2D eigenvalue weighted by Gasteiger charge is -2.28. The highest BCUT2D eigenvalue weighted by molar-refractivity contribution is 6.04. The number of benzene rings is 2. The number of hydrogen-bond acceptors (Lipinski definition) is 2. The van der Waals surface area contributed by atoms with Gasteiger partial charge in [0.2, 0.25) is 0 Å². The van der Waals surface area contributed by atoms with Crippen molar-refractivity contribution in [1.29, 1.82) is 0 Å². The first kappa shape index (κ1) is 16.3. The lowest BCUT2D eigenvalue weighted by atomic mass is 10.0. The SMILES string of the molecule is COc1cc(C)c(/C=C/C(=O)N2CCCc3ccccc32)c(C)c1. The van der Waals surface area contributed by atoms with E-state index in [2.05, 4.69) is 6.07 Å². The highest BCUT2D eigenvalue weighted by Crippen LogP contribution is 2.27. The number of amides is 1. The molecule has 0 spiro atoms. The van der Waals surface area contributed by atoms with Crippen molar-refractivity contribution in [3.63, 3.8) is 0 Å². The Morgan fingerprint density at radius 3 is 2.58 bits per heavy atom. The molecule has 0 unspecified atom stereocenters. The van der Waals surface area contributed by atoms with Crippen molar-refractivity contribution in [3.8, 4) is 5.75 Å². The van der Waals surface area contributed by atoms with E-state index in [1.54, 1.807) is 13.2 Å². The predicted molar refractivity (Wildman–Crippen MR) is 98.6 cm³/mol. The molecule has 1 aliphatic rings. The van der Waals surface area contributed by atoms with Crippen molar-refractivity contribution in [3.05, 3.63) is 64.7 Å². The molecule has 0 atom stereocenters. The second-order valence-corrected chi connectivity index (χ2v) is 6.23. The summed E-state index contributed by atoms with van der Waals surface area (Å²) in [4.78, 5) is 14.6. The van der Waals surface area contributed by atoms with Crippen LogP contribution in [0.2, 0.25) is 0 Å². The highest BCUT2D eigenvalue weighted by atomic mass is 16.5. The molecule has 24 heavy (non-hydrogen) atoms. The van der Waals surface area contributed by atoms with Crippen LogP contribution in [0, 0.1) is 13.8 Å². The molecule has 0 radical (unpaired) electrons. The van der Waals surface area contributed by atoms with Crippen LogP contribution in [0.15, 0.2) is 42.5 Å². The summed E-state index contributed by atoms with van der Waals surface area (Å²) in [6, 6.07) is 12.2. The third kappa shape index (κ3) is 3.21. The van der Waals surface area contributed by atoms with Gasteiger partial charge < -0.3 is 9.64 Å². The van der Waals surface area contributed by atoms with Gasteiger partial charge in [-0.1, -0.05) is 18.2 Å². The summed E-state index contributed by atoms with van der Waals surface area (Å²) in [5.41, 5.74) is 5.59. The molecule has 0 aliphatic carbocycles. The van der Waals surface area contributed by atoms with Gasteiger partial charge in [0.05, 0.1) is 7.11 Å². The first-order valence-electron chi connectivity index (χ1n) is 8.33. The number of para-hydroxylation sites is 1. The van der Waals surface area contributed by atoms with Crippen molar-refractivity contribution in [2.75, 3.05) is 18.6 Å². The summed E-state index contributed by atoms with van der Waals surface area (Å²) in [6.45, 7) is 4.85. The maximum atomic E-state index is 12.7. The van der Waals surface area contributed by atoms with Crippen LogP contribution in [0.3, 0.4) is 0 Å². The Morgan fingerprint density at radius 1 is 1.17 bits per heavy atom. The molecule has 3 rings (SSSR count). The van der Waals surface area contributed by atoms with Crippen molar-refractivity contribution in [2.24, 2.45) is 0 Å². The lowest BCUT2D eigenvalue weighted by Crippen LogP contribution is -2.34. The zero-order valence-electron chi connectivity index (χ0n) is 14.5. The summed E-state index contributed by atoms with van der Waals surface area (Å²) in [5.74, 6) is 0.884. The Kier molecular flexibility index (Phi) is 4.70. The lowest BCUT2D eigenvalue weighted by molar-refractivity contribution is -0.114. The average Bonchev–Trinajstić information content (AvgIpc) is 2.60. The van der Waals surface area contributed by atoms with Crippen LogP contribution < -0.4 is 9.64 Å². The molecule has 124 valence electrons. The van der Waals surface area contributed by atoms with Crippen LogP contribution in [0.25, 0.3) is 6.08 Å². The minimum atomic E-state index is 0.0387. The molecule has 1 amide bonds. The number of aryl methyl sites for hydroxylation is 3. The number of ether oxygens (including phenoxy) is 1. The number of anilines is 1. The summed E-state index contributed by atoms with van der Waals surface area (Å²) in [6.07, 6.45) is 5.66. The van der Waals surface area contributed by atoms with E-state index in [1.165, 1.54) is 5.56 Å². The van der Waals surface area contributed by atoms with Crippen LogP contribution in [0.5, 0.6) is 5.75 Å². The van der Waals surface area contributed by atoms with Crippen LogP contribution in [-0.4, -0.2) is 19.6 Å². The van der Waals surface area contributed by atoms with Gasteiger partial charge in [0.1, 0.15) is 5.75 Å². The van der Waals surface area contributed by atoms with Gasteiger partial charge in [-0.05, 0) is 73.2 Å². The Hall–Kier alpha value is -2.55. The quantitative estimate of drug-likeness (QED) is 0.789. The van der Waals surface area contributed by atoms with Crippen LogP contribution in [0.4, 0.5) is 5.69 Å². The molecule has 0 N–H and O–H groups in total. The molecule has 0 fully saturated rings. The van der Waals surface area contributed by atoms with Crippen LogP contribution in [0.1, 0.15) is 28.7 Å². The number of hydrogen-bond donors (Lipinski definition) is 0. The van der Waals surface area contributed by atoms with E-state index in [4.69, 9.17) is 4.74 Å². The van der Waals surface area contributed by atoms with E-state index in [-0.39, 0.29) is 5.91 Å². The predicted octanol–water partition coefficient (Wildman–Crippen LogP) is 4.30. The second kappa shape index (κ2) is 6.91. The summed E-state index contributed by atoms with van der Waals surface area (Å²) >= 11 is 0. The third-order valence-electron chi connectivity index (χ3n) is 4.57. The minimum absolute atomic E-state index is 0.0387. The fourth-order valence-corrected chi connectivity index (χ4v) is 3.32. The average molecular weight is 321 g/mol. The molecule has 3 nitrogen and oxygen atoms in total. The van der Waals surface area contributed by atoms with E-state index in [0.717, 1.165) is 47.5 Å². The van der Waals surface area contributed by atoms with Gasteiger partial charge in [-0.2, -0.15) is 0 Å². The molecule has 1 heterocycles. The smallest absolute Gasteiger partial charge is 0.250 e. The number of rotatable bonds is 3. The molecular weight excluding hydrogens is 298 g/mol. The Bertz CT molecular complexity index is 769. The van der Waals surface area contributed by atoms with E-state index in [9.17, 15) is 4.79 Å². The van der Waals surface area contributed by atoms with Gasteiger partial charge in [-0.3, -0.25) is 4.79 Å². The zero-order chi connectivity index (χ0) is 17.1. The third-order valence-corrected chi connectivity index (χ3v) is 4.57. The summed E-state index contributed by atoms with van der Waals surface area (Å²) in [5, 5.41) is 0. The first-order valence-corrected chi connectivity index (χ1v) is 8.33. The Labute approximate surface area is 143 Å². The normalized spacial score (nSPS) is 13.9. The van der Waals surface area contributed by atoms with E-state index < -0.39 is 0 Å². The fraction of sp³-hybridized carbons (Fsp3) is 0.286. The molecule has 1 aliphatic heterocycles. The number of nitrogens with zero attached hydrogens (tertiary/aromatic N) is 1. The topological polar surface area (TPSA) is 29.5 Å². The molecule has 0 bridgehead atoms. The van der Waals surface area contributed by atoms with Gasteiger partial charge in [-0.15, -0.1) is 0 Å². The number of carbonyl (C=O) groups is 1. The van der Waals surface area contributed by atoms with Gasteiger partial charge in [-0.25, -0.2) is 0 Å². The first-order chi connectivity index (χ1) is 11.6. The number of fused-ring (bicyclic) bond motifs is 1. The van der Waals surface area contributed by atoms with Crippen molar-refractivity contribution in [1.82, 2.24) is 0 Å². The summed E-state index contributed by atoms with van der Waals surface area (Å²) < 4.78 is 5.29. The van der Waals surface area contributed by atoms with E-state index in [1.807, 2.05) is 55.2 Å². The van der Waals surface area contributed by atoms with Gasteiger partial charge in [0.25, 0.3) is 5.91 Å². The van der Waals surface area contributed by atoms with Crippen LogP contribution in [-0.2, 0) is 11.2 Å². The van der Waals surface area contributed by atoms with E-state index >= 15 is 0 Å². The second-order valence-electron chi connectivity index (χ2n) is 6.23. The maximum Gasteiger partial charge on any atom is 0.250 e. The summed E-state index contributed by atoms with van der Waals surface area (Å²) in [7, 11) is 1.67. The monoisotopic (exact) mass is 321 g/mol. The van der Waals surface area contributed by atoms with Gasteiger partial charge >= 0.3 is 0 Å². The Morgan fingerprint density at radius 2 is 1.88 bits per heavy atom. The van der Waals surface area contributed by atoms with Crippen molar-refractivity contribution < 1.29 is 9.53 Å². The largest absolute Gasteiger partial charge is 0.497 e. The molecule has 0 aromatic heterocycles. The van der Waals surface area contributed by atoms with Gasteiger partial charge in [0.15, 0.2) is 0 Å². The maximum absolute atomic E-state index is 12.7. The van der Waals surface area contributed by atoms with Gasteiger partial charge in [0, 0.05) is 18.3 Å². The van der Waals surface area contributed by atoms with Crippen LogP contribution >= 0.6 is 0 Å². The molecule has 2 aromatic rings. The Balaban J connectivity index is 1.85. The molecule has 2 aromatic carbocycles. The molecular formula is C21H23NO2. The van der Waals surface area contributed by atoms with Crippen molar-refractivity contribution >= 4 is 17.7 Å². The van der Waals surface area contributed by atoms with E-state index in [0.29, 0.717) is 0 Å². The molecule has 3 heteroatoms. The number of carbonyl (C=O) groups excluding carboxylic acids is 1. The molecule has 0 saturated heterocycles. The number of methoxy groups -OCH3 is 1.